The highest BCUT2D eigenvalue weighted by molar-refractivity contribution is 5.95. The lowest BCUT2D eigenvalue weighted by Gasteiger charge is -2.29. The number of carboxylic acid groups (broad SMARTS) is 1. The summed E-state index contributed by atoms with van der Waals surface area (Å²) in [4.78, 5) is 16.9. The monoisotopic (exact) mass is 483 g/mol. The van der Waals surface area contributed by atoms with E-state index in [4.69, 9.17) is 4.74 Å². The summed E-state index contributed by atoms with van der Waals surface area (Å²) in [5.41, 5.74) is 5.29. The first-order valence-corrected chi connectivity index (χ1v) is 12.4. The minimum atomic E-state index is -1.03. The molecule has 3 aromatic carbocycles. The smallest absolute Gasteiger partial charge is 0.336 e. The SMILES string of the molecule is CCN(CC)c1ccc2c(c1)Oc1cc(N(CC)CC)ccc1C2=c1cc2c(cc1C(=O)O)=NN=N2. The first-order chi connectivity index (χ1) is 17.5. The molecule has 1 N–H and O–H groups in total. The Balaban J connectivity index is 1.84. The second kappa shape index (κ2) is 9.45. The van der Waals surface area contributed by atoms with Crippen LogP contribution in [-0.2, 0) is 0 Å². The third kappa shape index (κ3) is 3.88. The van der Waals surface area contributed by atoms with Gasteiger partial charge in [0.2, 0.25) is 0 Å². The van der Waals surface area contributed by atoms with Crippen LogP contribution >= 0.6 is 0 Å². The van der Waals surface area contributed by atoms with Crippen molar-refractivity contribution in [2.45, 2.75) is 27.7 Å². The van der Waals surface area contributed by atoms with Crippen LogP contribution in [0.2, 0.25) is 0 Å². The zero-order valence-electron chi connectivity index (χ0n) is 20.9. The van der Waals surface area contributed by atoms with Gasteiger partial charge in [-0.15, -0.1) is 10.2 Å². The van der Waals surface area contributed by atoms with E-state index in [1.54, 1.807) is 12.1 Å². The molecule has 0 spiro atoms. The number of ether oxygens (including phenoxy) is 1. The average molecular weight is 484 g/mol. The third-order valence-electron chi connectivity index (χ3n) is 6.87. The van der Waals surface area contributed by atoms with Gasteiger partial charge >= 0.3 is 5.97 Å². The molecule has 0 bridgehead atoms. The molecule has 3 aromatic rings. The molecule has 0 atom stereocenters. The van der Waals surface area contributed by atoms with Gasteiger partial charge in [-0.2, -0.15) is 0 Å². The Morgan fingerprint density at radius 3 is 1.89 bits per heavy atom. The van der Waals surface area contributed by atoms with E-state index in [0.29, 0.717) is 27.8 Å². The number of rotatable bonds is 7. The summed E-state index contributed by atoms with van der Waals surface area (Å²) in [6, 6.07) is 15.6. The van der Waals surface area contributed by atoms with Crippen LogP contribution in [0.25, 0.3) is 5.57 Å². The summed E-state index contributed by atoms with van der Waals surface area (Å²) < 4.78 is 6.50. The molecule has 0 radical (unpaired) electrons. The Morgan fingerprint density at radius 1 is 0.833 bits per heavy atom. The molecule has 2 heterocycles. The largest absolute Gasteiger partial charge is 0.478 e. The van der Waals surface area contributed by atoms with Crippen LogP contribution in [0, 0.1) is 0 Å². The molecule has 8 heteroatoms. The maximum atomic E-state index is 12.4. The minimum absolute atomic E-state index is 0.152. The van der Waals surface area contributed by atoms with Crippen molar-refractivity contribution < 1.29 is 14.6 Å². The van der Waals surface area contributed by atoms with Crippen molar-refractivity contribution in [3.63, 3.8) is 0 Å². The van der Waals surface area contributed by atoms with Crippen LogP contribution in [0.15, 0.2) is 64.0 Å². The molecule has 0 aliphatic carbocycles. The van der Waals surface area contributed by atoms with Gasteiger partial charge in [-0.05, 0) is 69.3 Å². The predicted molar refractivity (Wildman–Crippen MR) is 140 cm³/mol. The zero-order valence-corrected chi connectivity index (χ0v) is 20.9. The maximum Gasteiger partial charge on any atom is 0.336 e. The summed E-state index contributed by atoms with van der Waals surface area (Å²) in [7, 11) is 0. The van der Waals surface area contributed by atoms with Gasteiger partial charge < -0.3 is 19.6 Å². The summed E-state index contributed by atoms with van der Waals surface area (Å²) in [6.07, 6.45) is 0. The van der Waals surface area contributed by atoms with Crippen molar-refractivity contribution >= 4 is 28.6 Å². The van der Waals surface area contributed by atoms with E-state index in [9.17, 15) is 9.90 Å². The number of carboxylic acids is 1. The van der Waals surface area contributed by atoms with Crippen LogP contribution in [0.4, 0.5) is 17.1 Å². The molecule has 0 aromatic heterocycles. The third-order valence-corrected chi connectivity index (χ3v) is 6.87. The standard InChI is InChI=1S/C28H29N5O3/c1-5-32(6-2)17-9-11-19-25(13-17)36-26-14-18(33(7-3)8-4)10-12-20(26)27(19)21-15-23-24(30-31-29-23)16-22(21)28(34)35/h9-16H,5-8H2,1-4H3,(H,34,35). The molecule has 2 aliphatic heterocycles. The number of hydrogen-bond donors (Lipinski definition) is 1. The molecule has 8 nitrogen and oxygen atoms in total. The summed E-state index contributed by atoms with van der Waals surface area (Å²) in [5.74, 6) is 0.361. The first-order valence-electron chi connectivity index (χ1n) is 12.4. The molecule has 5 rings (SSSR count). The molecule has 36 heavy (non-hydrogen) atoms. The Labute approximate surface area is 209 Å². The minimum Gasteiger partial charge on any atom is -0.478 e. The van der Waals surface area contributed by atoms with Gasteiger partial charge in [-0.25, -0.2) is 4.79 Å². The van der Waals surface area contributed by atoms with Gasteiger partial charge in [0.05, 0.1) is 5.56 Å². The van der Waals surface area contributed by atoms with E-state index >= 15 is 0 Å². The second-order valence-corrected chi connectivity index (χ2v) is 8.66. The fourth-order valence-corrected chi connectivity index (χ4v) is 4.97. The molecular formula is C28H29N5O3. The van der Waals surface area contributed by atoms with E-state index < -0.39 is 5.97 Å². The van der Waals surface area contributed by atoms with Crippen LogP contribution < -0.4 is 25.1 Å². The highest BCUT2D eigenvalue weighted by Gasteiger charge is 2.26. The van der Waals surface area contributed by atoms with Gasteiger partial charge in [0, 0.05) is 71.6 Å². The van der Waals surface area contributed by atoms with E-state index in [0.717, 1.165) is 54.3 Å². The van der Waals surface area contributed by atoms with E-state index in [2.05, 4.69) is 65.1 Å². The quantitative estimate of drug-likeness (QED) is 0.397. The Hall–Kier alpha value is -4.20. The first kappa shape index (κ1) is 23.5. The van der Waals surface area contributed by atoms with Crippen molar-refractivity contribution in [1.82, 2.24) is 0 Å². The fourth-order valence-electron chi connectivity index (χ4n) is 4.97. The normalized spacial score (nSPS) is 12.8. The molecule has 2 aliphatic rings. The van der Waals surface area contributed by atoms with Crippen molar-refractivity contribution in [3.05, 3.63) is 75.8 Å². The van der Waals surface area contributed by atoms with Crippen molar-refractivity contribution in [2.24, 2.45) is 15.4 Å². The number of hydrogen-bond acceptors (Lipinski definition) is 7. The topological polar surface area (TPSA) is 90.1 Å². The highest BCUT2D eigenvalue weighted by Crippen LogP contribution is 2.45. The number of benzene rings is 3. The lowest BCUT2D eigenvalue weighted by molar-refractivity contribution is 0.0695. The zero-order chi connectivity index (χ0) is 25.4. The van der Waals surface area contributed by atoms with Crippen LogP contribution in [0.5, 0.6) is 11.5 Å². The van der Waals surface area contributed by atoms with E-state index in [-0.39, 0.29) is 5.56 Å². The van der Waals surface area contributed by atoms with E-state index in [1.807, 2.05) is 24.3 Å². The van der Waals surface area contributed by atoms with Gasteiger partial charge in [-0.1, -0.05) is 0 Å². The highest BCUT2D eigenvalue weighted by atomic mass is 16.5. The number of aromatic carboxylic acids is 1. The Kier molecular flexibility index (Phi) is 6.18. The lowest BCUT2D eigenvalue weighted by Crippen LogP contribution is -2.25. The van der Waals surface area contributed by atoms with Crippen molar-refractivity contribution in [2.75, 3.05) is 36.0 Å². The van der Waals surface area contributed by atoms with Crippen LogP contribution in [0.3, 0.4) is 0 Å². The summed E-state index contributed by atoms with van der Waals surface area (Å²) in [6.45, 7) is 12.0. The van der Waals surface area contributed by atoms with Crippen LogP contribution in [-0.4, -0.2) is 37.3 Å². The number of carbonyl (C=O) groups is 1. The average Bonchev–Trinajstić information content (AvgIpc) is 3.35. The van der Waals surface area contributed by atoms with E-state index in [1.165, 1.54) is 0 Å². The van der Waals surface area contributed by atoms with Crippen LogP contribution in [0.1, 0.15) is 49.2 Å². The molecule has 0 fully saturated rings. The molecule has 0 unspecified atom stereocenters. The summed E-state index contributed by atoms with van der Waals surface area (Å²) in [5, 5.41) is 22.9. The molecular weight excluding hydrogens is 454 g/mol. The molecule has 184 valence electrons. The van der Waals surface area contributed by atoms with Gasteiger partial charge in [0.25, 0.3) is 0 Å². The van der Waals surface area contributed by atoms with Crippen molar-refractivity contribution in [3.8, 4) is 11.5 Å². The Bertz CT molecular complexity index is 1440. The second-order valence-electron chi connectivity index (χ2n) is 8.66. The van der Waals surface area contributed by atoms with Gasteiger partial charge in [0.15, 0.2) is 0 Å². The van der Waals surface area contributed by atoms with Gasteiger partial charge in [0.1, 0.15) is 22.5 Å². The Morgan fingerprint density at radius 2 is 1.39 bits per heavy atom. The predicted octanol–water partition coefficient (Wildman–Crippen LogP) is 5.06. The number of nitrogens with zero attached hydrogens (tertiary/aromatic N) is 5. The van der Waals surface area contributed by atoms with Gasteiger partial charge in [-0.3, -0.25) is 0 Å². The van der Waals surface area contributed by atoms with Crippen molar-refractivity contribution in [1.29, 1.82) is 0 Å². The molecule has 0 saturated carbocycles. The molecule has 0 amide bonds. The molecule has 0 saturated heterocycles. The lowest BCUT2D eigenvalue weighted by atomic mass is 9.89. The fraction of sp³-hybridized carbons (Fsp3) is 0.286. The maximum absolute atomic E-state index is 12.4. The summed E-state index contributed by atoms with van der Waals surface area (Å²) >= 11 is 0. The number of fused-ring (bicyclic) bond motifs is 3. The number of anilines is 2.